The van der Waals surface area contributed by atoms with Crippen LogP contribution in [0.15, 0.2) is 0 Å². The SMILES string of the molecule is FC(F)CBr.FCCBr. The van der Waals surface area contributed by atoms with Crippen LogP contribution in [0.1, 0.15) is 0 Å². The topological polar surface area (TPSA) is 0 Å². The molecular weight excluding hydrogens is 265 g/mol. The molecule has 0 unspecified atom stereocenters. The molecule has 0 aliphatic rings. The van der Waals surface area contributed by atoms with Crippen LogP contribution in [0.3, 0.4) is 0 Å². The highest BCUT2D eigenvalue weighted by Gasteiger charge is 1.92. The van der Waals surface area contributed by atoms with Crippen LogP contribution in [0, 0.1) is 0 Å². The minimum atomic E-state index is -2.20. The van der Waals surface area contributed by atoms with E-state index in [9.17, 15) is 13.2 Å². The first-order valence-electron chi connectivity index (χ1n) is 2.15. The van der Waals surface area contributed by atoms with Gasteiger partial charge in [-0.3, -0.25) is 4.39 Å². The monoisotopic (exact) mass is 270 g/mol. The van der Waals surface area contributed by atoms with Gasteiger partial charge in [0.15, 0.2) is 0 Å². The van der Waals surface area contributed by atoms with Crippen LogP contribution in [-0.2, 0) is 0 Å². The Morgan fingerprint density at radius 2 is 1.44 bits per heavy atom. The molecule has 0 heterocycles. The van der Waals surface area contributed by atoms with Crippen LogP contribution >= 0.6 is 31.9 Å². The van der Waals surface area contributed by atoms with Crippen molar-refractivity contribution in [2.45, 2.75) is 6.43 Å². The molecule has 0 aliphatic carbocycles. The first-order valence-corrected chi connectivity index (χ1v) is 4.39. The van der Waals surface area contributed by atoms with E-state index in [1.54, 1.807) is 0 Å². The van der Waals surface area contributed by atoms with Gasteiger partial charge in [0, 0.05) is 5.33 Å². The van der Waals surface area contributed by atoms with Crippen LogP contribution in [-0.4, -0.2) is 23.8 Å². The van der Waals surface area contributed by atoms with Gasteiger partial charge in [-0.25, -0.2) is 8.78 Å². The highest BCUT2D eigenvalue weighted by molar-refractivity contribution is 9.09. The average Bonchev–Trinajstić information content (AvgIpc) is 1.89. The smallest absolute Gasteiger partial charge is 0.248 e. The number of hydrogen-bond acceptors (Lipinski definition) is 0. The molecule has 0 aromatic heterocycles. The molecule has 0 bridgehead atoms. The zero-order valence-electron chi connectivity index (χ0n) is 4.59. The van der Waals surface area contributed by atoms with Gasteiger partial charge < -0.3 is 0 Å². The molecule has 0 spiro atoms. The molecule has 0 amide bonds. The normalized spacial score (nSPS) is 8.67. The van der Waals surface area contributed by atoms with E-state index >= 15 is 0 Å². The van der Waals surface area contributed by atoms with Crippen LogP contribution in [0.4, 0.5) is 13.2 Å². The summed E-state index contributed by atoms with van der Waals surface area (Å²) in [5.41, 5.74) is 0. The van der Waals surface area contributed by atoms with Crippen molar-refractivity contribution in [3.63, 3.8) is 0 Å². The van der Waals surface area contributed by atoms with E-state index in [0.29, 0.717) is 5.33 Å². The van der Waals surface area contributed by atoms with Gasteiger partial charge in [-0.2, -0.15) is 0 Å². The summed E-state index contributed by atoms with van der Waals surface area (Å²) in [5.74, 6) is 0. The largest absolute Gasteiger partial charge is 0.250 e. The molecule has 0 nitrogen and oxygen atoms in total. The Balaban J connectivity index is 0. The van der Waals surface area contributed by atoms with Crippen molar-refractivity contribution in [1.29, 1.82) is 0 Å². The van der Waals surface area contributed by atoms with Crippen LogP contribution in [0.25, 0.3) is 0 Å². The number of rotatable bonds is 2. The second-order valence-corrected chi connectivity index (χ2v) is 2.36. The van der Waals surface area contributed by atoms with Crippen LogP contribution in [0.5, 0.6) is 0 Å². The summed E-state index contributed by atoms with van der Waals surface area (Å²) in [6, 6.07) is 0. The Hall–Kier alpha value is 0.750. The minimum absolute atomic E-state index is 0.215. The average molecular weight is 272 g/mol. The van der Waals surface area contributed by atoms with E-state index in [0.717, 1.165) is 0 Å². The van der Waals surface area contributed by atoms with Gasteiger partial charge in [-0.05, 0) is 0 Å². The van der Waals surface area contributed by atoms with Gasteiger partial charge in [-0.15, -0.1) is 0 Å². The molecule has 0 aliphatic heterocycles. The summed E-state index contributed by atoms with van der Waals surface area (Å²) in [4.78, 5) is 0. The highest BCUT2D eigenvalue weighted by Crippen LogP contribution is 1.94. The fraction of sp³-hybridized carbons (Fsp3) is 1.00. The van der Waals surface area contributed by atoms with Gasteiger partial charge >= 0.3 is 0 Å². The lowest BCUT2D eigenvalue weighted by molar-refractivity contribution is 0.178. The first-order chi connectivity index (χ1) is 4.18. The molecule has 0 aromatic rings. The zero-order chi connectivity index (χ0) is 7.70. The van der Waals surface area contributed by atoms with Crippen molar-refractivity contribution >= 4 is 31.9 Å². The number of halogens is 5. The lowest BCUT2D eigenvalue weighted by Crippen LogP contribution is -1.86. The van der Waals surface area contributed by atoms with Gasteiger partial charge in [0.1, 0.15) is 0 Å². The maximum absolute atomic E-state index is 10.7. The molecule has 9 heavy (non-hydrogen) atoms. The van der Waals surface area contributed by atoms with E-state index in [1.165, 1.54) is 0 Å². The van der Waals surface area contributed by atoms with E-state index in [4.69, 9.17) is 0 Å². The molecule has 0 atom stereocenters. The second-order valence-electron chi connectivity index (χ2n) is 0.923. The summed E-state index contributed by atoms with van der Waals surface area (Å²) in [5, 5.41) is 0.250. The Morgan fingerprint density at radius 3 is 1.44 bits per heavy atom. The Labute approximate surface area is 69.1 Å². The zero-order valence-corrected chi connectivity index (χ0v) is 7.76. The summed E-state index contributed by atoms with van der Waals surface area (Å²) in [7, 11) is 0. The summed E-state index contributed by atoms with van der Waals surface area (Å²) >= 11 is 5.44. The molecule has 0 N–H and O–H groups in total. The van der Waals surface area contributed by atoms with Crippen molar-refractivity contribution in [3.8, 4) is 0 Å². The standard InChI is InChI=1S/C2H3BrF2.C2H4BrF/c3-1-2(4)5;3-1-2-4/h2H,1H2;1-2H2. The van der Waals surface area contributed by atoms with Gasteiger partial charge in [-0.1, -0.05) is 31.9 Å². The van der Waals surface area contributed by atoms with Gasteiger partial charge in [0.25, 0.3) is 0 Å². The van der Waals surface area contributed by atoms with Crippen LogP contribution < -0.4 is 0 Å². The van der Waals surface area contributed by atoms with E-state index in [1.807, 2.05) is 0 Å². The first kappa shape index (κ1) is 12.4. The number of alkyl halides is 5. The second kappa shape index (κ2) is 11.5. The van der Waals surface area contributed by atoms with Crippen molar-refractivity contribution in [1.82, 2.24) is 0 Å². The molecule has 0 fully saturated rings. The van der Waals surface area contributed by atoms with E-state index < -0.39 is 6.43 Å². The maximum Gasteiger partial charge on any atom is 0.248 e. The Kier molecular flexibility index (Phi) is 15.9. The van der Waals surface area contributed by atoms with Crippen LogP contribution in [0.2, 0.25) is 0 Å². The summed E-state index contributed by atoms with van der Waals surface area (Å²) in [6.45, 7) is -0.264. The molecule has 0 saturated carbocycles. The predicted molar refractivity (Wildman–Crippen MR) is 39.6 cm³/mol. The molecule has 0 aromatic carbocycles. The molecule has 58 valence electrons. The predicted octanol–water partition coefficient (Wildman–Crippen LogP) is 3.00. The highest BCUT2D eigenvalue weighted by atomic mass is 79.9. The van der Waals surface area contributed by atoms with E-state index in [2.05, 4.69) is 31.9 Å². The quantitative estimate of drug-likeness (QED) is 0.678. The van der Waals surface area contributed by atoms with Gasteiger partial charge in [0.05, 0.1) is 12.0 Å². The number of hydrogen-bond donors (Lipinski definition) is 0. The third kappa shape index (κ3) is 28.4. The van der Waals surface area contributed by atoms with Gasteiger partial charge in [0.2, 0.25) is 6.43 Å². The summed E-state index contributed by atoms with van der Waals surface area (Å²) in [6.07, 6.45) is -2.20. The third-order valence-corrected chi connectivity index (χ3v) is 0.977. The van der Waals surface area contributed by atoms with Crippen molar-refractivity contribution in [2.24, 2.45) is 0 Å². The van der Waals surface area contributed by atoms with Crippen molar-refractivity contribution < 1.29 is 13.2 Å². The molecular formula is C4H7Br2F3. The lowest BCUT2D eigenvalue weighted by Gasteiger charge is -1.80. The lowest BCUT2D eigenvalue weighted by atomic mass is 10.9. The molecule has 0 saturated heterocycles. The molecule has 0 radical (unpaired) electrons. The van der Waals surface area contributed by atoms with E-state index in [-0.39, 0.29) is 12.0 Å². The maximum atomic E-state index is 10.7. The minimum Gasteiger partial charge on any atom is -0.250 e. The fourth-order valence-electron chi connectivity index (χ4n) is 0. The Morgan fingerprint density at radius 1 is 1.22 bits per heavy atom. The Bertz CT molecular complexity index is 40.8. The third-order valence-electron chi connectivity index (χ3n) is 0.188. The molecule has 0 rings (SSSR count). The molecule has 5 heteroatoms. The van der Waals surface area contributed by atoms with Crippen molar-refractivity contribution in [3.05, 3.63) is 0 Å². The summed E-state index contributed by atoms with van der Waals surface area (Å²) < 4.78 is 32.1. The fourth-order valence-corrected chi connectivity index (χ4v) is 0. The van der Waals surface area contributed by atoms with Crippen molar-refractivity contribution in [2.75, 3.05) is 17.3 Å².